The van der Waals surface area contributed by atoms with Crippen LogP contribution in [0.5, 0.6) is 0 Å². The van der Waals surface area contributed by atoms with Gasteiger partial charge in [0.1, 0.15) is 6.67 Å². The first-order valence-electron chi connectivity index (χ1n) is 6.15. The van der Waals surface area contributed by atoms with Crippen molar-refractivity contribution in [2.45, 2.75) is 11.3 Å². The van der Waals surface area contributed by atoms with Crippen LogP contribution in [0.1, 0.15) is 0 Å². The van der Waals surface area contributed by atoms with E-state index in [4.69, 9.17) is 5.11 Å². The molecule has 0 aromatic carbocycles. The molecule has 6 nitrogen and oxygen atoms in total. The SMILES string of the molecule is C=CC(SN1C=C(C(=O)O)C=NC1)C1CNCCN1. The van der Waals surface area contributed by atoms with Crippen molar-refractivity contribution in [3.05, 3.63) is 24.4 Å². The Kier molecular flexibility index (Phi) is 5.00. The van der Waals surface area contributed by atoms with Gasteiger partial charge in [0.05, 0.1) is 10.8 Å². The van der Waals surface area contributed by atoms with Gasteiger partial charge in [0.15, 0.2) is 0 Å². The lowest BCUT2D eigenvalue weighted by molar-refractivity contribution is -0.132. The zero-order valence-electron chi connectivity index (χ0n) is 10.6. The van der Waals surface area contributed by atoms with E-state index in [9.17, 15) is 4.79 Å². The number of hydrogen-bond donors (Lipinski definition) is 3. The maximum Gasteiger partial charge on any atom is 0.338 e. The van der Waals surface area contributed by atoms with Crippen LogP contribution in [0.4, 0.5) is 0 Å². The Morgan fingerprint density at radius 2 is 2.53 bits per heavy atom. The summed E-state index contributed by atoms with van der Waals surface area (Å²) >= 11 is 1.55. The maximum atomic E-state index is 10.9. The van der Waals surface area contributed by atoms with Crippen molar-refractivity contribution in [1.29, 1.82) is 0 Å². The number of carboxylic acid groups (broad SMARTS) is 1. The Morgan fingerprint density at radius 1 is 1.68 bits per heavy atom. The molecule has 2 aliphatic rings. The highest BCUT2D eigenvalue weighted by Crippen LogP contribution is 2.24. The molecule has 2 rings (SSSR count). The van der Waals surface area contributed by atoms with Gasteiger partial charge < -0.3 is 20.0 Å². The largest absolute Gasteiger partial charge is 0.478 e. The van der Waals surface area contributed by atoms with E-state index in [2.05, 4.69) is 22.2 Å². The van der Waals surface area contributed by atoms with Gasteiger partial charge in [-0.05, 0) is 11.9 Å². The van der Waals surface area contributed by atoms with E-state index in [0.717, 1.165) is 19.6 Å². The summed E-state index contributed by atoms with van der Waals surface area (Å²) in [5.41, 5.74) is 0.205. The monoisotopic (exact) mass is 282 g/mol. The fourth-order valence-electron chi connectivity index (χ4n) is 1.97. The van der Waals surface area contributed by atoms with Crippen molar-refractivity contribution in [3.8, 4) is 0 Å². The zero-order valence-corrected chi connectivity index (χ0v) is 11.4. The minimum atomic E-state index is -0.957. The minimum Gasteiger partial charge on any atom is -0.478 e. The number of carboxylic acids is 1. The maximum absolute atomic E-state index is 10.9. The van der Waals surface area contributed by atoms with Crippen molar-refractivity contribution in [1.82, 2.24) is 14.9 Å². The Bertz CT molecular complexity index is 405. The summed E-state index contributed by atoms with van der Waals surface area (Å²) in [7, 11) is 0. The Hall–Kier alpha value is -1.31. The van der Waals surface area contributed by atoms with E-state index >= 15 is 0 Å². The van der Waals surface area contributed by atoms with Crippen LogP contribution < -0.4 is 10.6 Å². The molecule has 1 saturated heterocycles. The van der Waals surface area contributed by atoms with Gasteiger partial charge in [-0.15, -0.1) is 6.58 Å². The van der Waals surface area contributed by atoms with Gasteiger partial charge in [-0.1, -0.05) is 6.08 Å². The Labute approximate surface area is 116 Å². The summed E-state index contributed by atoms with van der Waals surface area (Å²) in [6, 6.07) is 0.295. The molecule has 0 bridgehead atoms. The first-order chi connectivity index (χ1) is 9.20. The van der Waals surface area contributed by atoms with Crippen molar-refractivity contribution < 1.29 is 9.90 Å². The van der Waals surface area contributed by atoms with Gasteiger partial charge in [-0.2, -0.15) is 0 Å². The molecule has 2 unspecified atom stereocenters. The van der Waals surface area contributed by atoms with Crippen LogP contribution in [0, 0.1) is 0 Å². The number of aliphatic carboxylic acids is 1. The molecule has 1 fully saturated rings. The highest BCUT2D eigenvalue weighted by molar-refractivity contribution is 7.97. The topological polar surface area (TPSA) is 77.0 Å². The number of carbonyl (C=O) groups is 1. The lowest BCUT2D eigenvalue weighted by atomic mass is 10.1. The highest BCUT2D eigenvalue weighted by atomic mass is 32.2. The summed E-state index contributed by atoms with van der Waals surface area (Å²) in [4.78, 5) is 15.0. The normalized spacial score (nSPS) is 24.7. The fraction of sp³-hybridized carbons (Fsp3) is 0.500. The van der Waals surface area contributed by atoms with Gasteiger partial charge in [0, 0.05) is 38.1 Å². The standard InChI is InChI=1S/C12H18N4O2S/c1-2-11(10-6-13-3-4-15-10)19-16-7-9(12(17)18)5-14-8-16/h2,5,7,10-11,13,15H,1,3-4,6,8H2,(H,17,18). The quantitative estimate of drug-likeness (QED) is 0.489. The van der Waals surface area contributed by atoms with Crippen LogP contribution in [0.15, 0.2) is 29.4 Å². The summed E-state index contributed by atoms with van der Waals surface area (Å²) in [6.07, 6.45) is 4.90. The summed E-state index contributed by atoms with van der Waals surface area (Å²) in [5.74, 6) is -0.957. The number of rotatable bonds is 5. The molecule has 2 atom stereocenters. The molecule has 0 saturated carbocycles. The smallest absolute Gasteiger partial charge is 0.338 e. The Balaban J connectivity index is 1.96. The molecular formula is C12H18N4O2S. The van der Waals surface area contributed by atoms with Crippen LogP contribution in [-0.4, -0.2) is 59.2 Å². The zero-order chi connectivity index (χ0) is 13.7. The minimum absolute atomic E-state index is 0.174. The van der Waals surface area contributed by atoms with Gasteiger partial charge >= 0.3 is 5.97 Å². The second-order valence-corrected chi connectivity index (χ2v) is 5.55. The van der Waals surface area contributed by atoms with Crippen molar-refractivity contribution in [2.75, 3.05) is 26.3 Å². The summed E-state index contributed by atoms with van der Waals surface area (Å²) in [6.45, 7) is 7.12. The van der Waals surface area contributed by atoms with E-state index in [-0.39, 0.29) is 10.8 Å². The van der Waals surface area contributed by atoms with Crippen LogP contribution in [0.2, 0.25) is 0 Å². The van der Waals surface area contributed by atoms with E-state index in [0.29, 0.717) is 12.7 Å². The van der Waals surface area contributed by atoms with Crippen LogP contribution in [0.25, 0.3) is 0 Å². The van der Waals surface area contributed by atoms with E-state index in [1.54, 1.807) is 18.1 Å². The summed E-state index contributed by atoms with van der Waals surface area (Å²) in [5, 5.41) is 15.9. The third kappa shape index (κ3) is 3.82. The molecule has 2 heterocycles. The first-order valence-corrected chi connectivity index (χ1v) is 6.99. The molecule has 104 valence electrons. The molecule has 0 aromatic heterocycles. The highest BCUT2D eigenvalue weighted by Gasteiger charge is 2.24. The predicted octanol–water partition coefficient (Wildman–Crippen LogP) is 0.0630. The lowest BCUT2D eigenvalue weighted by Crippen LogP contribution is -2.53. The molecule has 3 N–H and O–H groups in total. The molecule has 7 heteroatoms. The number of aliphatic imine (C=N–C) groups is 1. The molecule has 0 aromatic rings. The molecule has 0 spiro atoms. The molecular weight excluding hydrogens is 264 g/mol. The van der Waals surface area contributed by atoms with E-state index in [1.807, 2.05) is 10.4 Å². The summed E-state index contributed by atoms with van der Waals surface area (Å²) < 4.78 is 1.84. The third-order valence-electron chi connectivity index (χ3n) is 2.94. The molecule has 19 heavy (non-hydrogen) atoms. The van der Waals surface area contributed by atoms with Crippen LogP contribution >= 0.6 is 11.9 Å². The average Bonchev–Trinajstić information content (AvgIpc) is 2.46. The molecule has 0 radical (unpaired) electrons. The molecule has 2 aliphatic heterocycles. The third-order valence-corrected chi connectivity index (χ3v) is 4.20. The van der Waals surface area contributed by atoms with Gasteiger partial charge in [-0.25, -0.2) is 4.79 Å². The molecule has 0 aliphatic carbocycles. The predicted molar refractivity (Wildman–Crippen MR) is 77.2 cm³/mol. The van der Waals surface area contributed by atoms with E-state index in [1.165, 1.54) is 6.21 Å². The van der Waals surface area contributed by atoms with Crippen molar-refractivity contribution in [3.63, 3.8) is 0 Å². The van der Waals surface area contributed by atoms with Gasteiger partial charge in [0.2, 0.25) is 0 Å². The van der Waals surface area contributed by atoms with E-state index < -0.39 is 5.97 Å². The van der Waals surface area contributed by atoms with Crippen molar-refractivity contribution in [2.24, 2.45) is 4.99 Å². The number of piperazine rings is 1. The Morgan fingerprint density at radius 3 is 3.16 bits per heavy atom. The average molecular weight is 282 g/mol. The lowest BCUT2D eigenvalue weighted by Gasteiger charge is -2.32. The van der Waals surface area contributed by atoms with Crippen LogP contribution in [-0.2, 0) is 4.79 Å². The number of nitrogens with zero attached hydrogens (tertiary/aromatic N) is 2. The second-order valence-electron chi connectivity index (χ2n) is 4.33. The van der Waals surface area contributed by atoms with Gasteiger partial charge in [0.25, 0.3) is 0 Å². The van der Waals surface area contributed by atoms with Gasteiger partial charge in [-0.3, -0.25) is 4.99 Å². The number of hydrogen-bond acceptors (Lipinski definition) is 6. The number of nitrogens with one attached hydrogen (secondary N) is 2. The first kappa shape index (κ1) is 14.1. The van der Waals surface area contributed by atoms with Crippen LogP contribution in [0.3, 0.4) is 0 Å². The second kappa shape index (κ2) is 6.74. The van der Waals surface area contributed by atoms with Crippen molar-refractivity contribution >= 4 is 24.1 Å². The molecule has 0 amide bonds. The fourth-order valence-corrected chi connectivity index (χ4v) is 3.01.